The van der Waals surface area contributed by atoms with Gasteiger partial charge in [-0.05, 0) is 24.3 Å². The zero-order valence-electron chi connectivity index (χ0n) is 12.5. The van der Waals surface area contributed by atoms with E-state index in [9.17, 15) is 19.5 Å². The summed E-state index contributed by atoms with van der Waals surface area (Å²) >= 11 is 1.51. The van der Waals surface area contributed by atoms with Crippen LogP contribution in [0.15, 0.2) is 22.8 Å². The van der Waals surface area contributed by atoms with Gasteiger partial charge in [-0.15, -0.1) is 0 Å². The monoisotopic (exact) mass is 338 g/mol. The van der Waals surface area contributed by atoms with Gasteiger partial charge in [0.15, 0.2) is 0 Å². The Balaban J connectivity index is 1.62. The summed E-state index contributed by atoms with van der Waals surface area (Å²) in [6.07, 6.45) is 2.05. The molecule has 1 aromatic heterocycles. The number of likely N-dealkylation sites (tertiary alicyclic amines) is 1. The summed E-state index contributed by atoms with van der Waals surface area (Å²) in [5.41, 5.74) is -1.20. The average Bonchev–Trinajstić information content (AvgIpc) is 3.22. The van der Waals surface area contributed by atoms with E-state index in [1.807, 2.05) is 0 Å². The third kappa shape index (κ3) is 3.21. The summed E-state index contributed by atoms with van der Waals surface area (Å²) in [6.45, 7) is 0.615. The molecule has 2 amide bonds. The van der Waals surface area contributed by atoms with Gasteiger partial charge in [0.25, 0.3) is 0 Å². The molecule has 0 spiro atoms. The maximum absolute atomic E-state index is 12.4. The molecule has 3 heterocycles. The SMILES string of the molecule is O=C(NC1(C(=O)O)CCSC1)C1CC(=O)N(Cc2ccco2)C1. The van der Waals surface area contributed by atoms with Crippen molar-refractivity contribution >= 4 is 29.5 Å². The zero-order valence-corrected chi connectivity index (χ0v) is 13.3. The lowest BCUT2D eigenvalue weighted by molar-refractivity contribution is -0.147. The lowest BCUT2D eigenvalue weighted by atomic mass is 9.97. The number of carbonyl (C=O) groups excluding carboxylic acids is 2. The smallest absolute Gasteiger partial charge is 0.330 e. The normalized spacial score (nSPS) is 27.4. The van der Waals surface area contributed by atoms with Crippen LogP contribution in [0.25, 0.3) is 0 Å². The summed E-state index contributed by atoms with van der Waals surface area (Å²) in [6, 6.07) is 3.52. The Morgan fingerprint density at radius 3 is 2.96 bits per heavy atom. The van der Waals surface area contributed by atoms with Gasteiger partial charge in [-0.3, -0.25) is 9.59 Å². The molecule has 2 atom stereocenters. The summed E-state index contributed by atoms with van der Waals surface area (Å²) in [4.78, 5) is 37.5. The Bertz CT molecular complexity index is 609. The third-order valence-electron chi connectivity index (χ3n) is 4.31. The Morgan fingerprint density at radius 2 is 2.35 bits per heavy atom. The van der Waals surface area contributed by atoms with Crippen molar-refractivity contribution < 1.29 is 23.9 Å². The number of carboxylic acids is 1. The van der Waals surface area contributed by atoms with Crippen molar-refractivity contribution in [1.82, 2.24) is 10.2 Å². The summed E-state index contributed by atoms with van der Waals surface area (Å²) in [5.74, 6) is -0.261. The summed E-state index contributed by atoms with van der Waals surface area (Å²) in [5, 5.41) is 12.1. The predicted molar refractivity (Wildman–Crippen MR) is 82.7 cm³/mol. The Kier molecular flexibility index (Phi) is 4.34. The van der Waals surface area contributed by atoms with Crippen LogP contribution in [0.4, 0.5) is 0 Å². The highest BCUT2D eigenvalue weighted by molar-refractivity contribution is 7.99. The Hall–Kier alpha value is -1.96. The lowest BCUT2D eigenvalue weighted by Crippen LogP contribution is -2.56. The van der Waals surface area contributed by atoms with E-state index in [0.717, 1.165) is 0 Å². The molecule has 3 rings (SSSR count). The predicted octanol–water partition coefficient (Wildman–Crippen LogP) is 0.705. The van der Waals surface area contributed by atoms with Gasteiger partial charge in [0, 0.05) is 18.7 Å². The van der Waals surface area contributed by atoms with Crippen LogP contribution in [0, 0.1) is 5.92 Å². The number of nitrogens with one attached hydrogen (secondary N) is 1. The molecule has 2 N–H and O–H groups in total. The minimum Gasteiger partial charge on any atom is -0.479 e. The van der Waals surface area contributed by atoms with E-state index >= 15 is 0 Å². The number of nitrogens with zero attached hydrogens (tertiary/aromatic N) is 1. The molecule has 2 aliphatic rings. The first-order valence-electron chi connectivity index (χ1n) is 7.43. The maximum atomic E-state index is 12.4. The van der Waals surface area contributed by atoms with Crippen molar-refractivity contribution in [1.29, 1.82) is 0 Å². The van der Waals surface area contributed by atoms with E-state index in [2.05, 4.69) is 5.32 Å². The highest BCUT2D eigenvalue weighted by Crippen LogP contribution is 2.29. The molecule has 2 fully saturated rings. The van der Waals surface area contributed by atoms with Gasteiger partial charge in [-0.2, -0.15) is 11.8 Å². The first-order chi connectivity index (χ1) is 11.0. The van der Waals surface area contributed by atoms with Crippen LogP contribution in [0.3, 0.4) is 0 Å². The van der Waals surface area contributed by atoms with Gasteiger partial charge in [0.1, 0.15) is 11.3 Å². The van der Waals surface area contributed by atoms with Gasteiger partial charge >= 0.3 is 5.97 Å². The average molecular weight is 338 g/mol. The standard InChI is InChI=1S/C15H18N2O5S/c18-12-6-10(7-17(12)8-11-2-1-4-22-11)13(19)16-15(14(20)21)3-5-23-9-15/h1-2,4,10H,3,5-9H2,(H,16,19)(H,20,21). The molecular weight excluding hydrogens is 320 g/mol. The van der Waals surface area contributed by atoms with Crippen molar-refractivity contribution in [2.75, 3.05) is 18.1 Å². The molecular formula is C15H18N2O5S. The molecule has 23 heavy (non-hydrogen) atoms. The maximum Gasteiger partial charge on any atom is 0.330 e. The van der Waals surface area contributed by atoms with Crippen molar-refractivity contribution in [2.45, 2.75) is 24.9 Å². The van der Waals surface area contributed by atoms with E-state index in [-0.39, 0.29) is 24.8 Å². The van der Waals surface area contributed by atoms with Gasteiger partial charge in [-0.25, -0.2) is 4.79 Å². The molecule has 1 aromatic rings. The molecule has 0 aromatic carbocycles. The number of amides is 2. The highest BCUT2D eigenvalue weighted by Gasteiger charge is 2.45. The van der Waals surface area contributed by atoms with Gasteiger partial charge < -0.3 is 19.7 Å². The number of hydrogen-bond donors (Lipinski definition) is 2. The molecule has 0 bridgehead atoms. The molecule has 2 saturated heterocycles. The van der Waals surface area contributed by atoms with Crippen LogP contribution in [-0.2, 0) is 20.9 Å². The Morgan fingerprint density at radius 1 is 1.52 bits per heavy atom. The van der Waals surface area contributed by atoms with E-state index in [1.165, 1.54) is 18.0 Å². The van der Waals surface area contributed by atoms with Crippen LogP contribution in [0.1, 0.15) is 18.6 Å². The molecule has 7 nitrogen and oxygen atoms in total. The Labute approximate surface area is 137 Å². The number of rotatable bonds is 5. The van der Waals surface area contributed by atoms with Crippen molar-refractivity contribution in [3.05, 3.63) is 24.2 Å². The number of carboxylic acid groups (broad SMARTS) is 1. The van der Waals surface area contributed by atoms with Gasteiger partial charge in [0.2, 0.25) is 11.8 Å². The lowest BCUT2D eigenvalue weighted by Gasteiger charge is -2.26. The minimum absolute atomic E-state index is 0.107. The molecule has 2 aliphatic heterocycles. The van der Waals surface area contributed by atoms with Crippen LogP contribution >= 0.6 is 11.8 Å². The second kappa shape index (κ2) is 6.27. The number of carbonyl (C=O) groups is 3. The van der Waals surface area contributed by atoms with Crippen LogP contribution in [0.2, 0.25) is 0 Å². The number of furan rings is 1. The van der Waals surface area contributed by atoms with E-state index in [0.29, 0.717) is 30.2 Å². The third-order valence-corrected chi connectivity index (χ3v) is 5.50. The first-order valence-corrected chi connectivity index (χ1v) is 8.59. The molecule has 0 saturated carbocycles. The number of aliphatic carboxylic acids is 1. The zero-order chi connectivity index (χ0) is 16.4. The van der Waals surface area contributed by atoms with Crippen molar-refractivity contribution in [3.8, 4) is 0 Å². The van der Waals surface area contributed by atoms with Gasteiger partial charge in [0.05, 0.1) is 18.7 Å². The number of thioether (sulfide) groups is 1. The molecule has 124 valence electrons. The van der Waals surface area contributed by atoms with Crippen LogP contribution < -0.4 is 5.32 Å². The fourth-order valence-electron chi connectivity index (χ4n) is 2.91. The molecule has 8 heteroatoms. The van der Waals surface area contributed by atoms with Crippen LogP contribution in [0.5, 0.6) is 0 Å². The van der Waals surface area contributed by atoms with E-state index in [4.69, 9.17) is 4.42 Å². The second-order valence-electron chi connectivity index (χ2n) is 5.93. The topological polar surface area (TPSA) is 99.8 Å². The largest absolute Gasteiger partial charge is 0.479 e. The highest BCUT2D eigenvalue weighted by atomic mass is 32.2. The fourth-order valence-corrected chi connectivity index (χ4v) is 4.24. The van der Waals surface area contributed by atoms with Crippen molar-refractivity contribution in [3.63, 3.8) is 0 Å². The van der Waals surface area contributed by atoms with Crippen molar-refractivity contribution in [2.24, 2.45) is 5.92 Å². The quantitative estimate of drug-likeness (QED) is 0.820. The summed E-state index contributed by atoms with van der Waals surface area (Å²) < 4.78 is 5.22. The van der Waals surface area contributed by atoms with E-state index in [1.54, 1.807) is 17.0 Å². The number of hydrogen-bond acceptors (Lipinski definition) is 5. The molecule has 0 aliphatic carbocycles. The molecule has 0 radical (unpaired) electrons. The minimum atomic E-state index is -1.20. The second-order valence-corrected chi connectivity index (χ2v) is 7.04. The summed E-state index contributed by atoms with van der Waals surface area (Å²) in [7, 11) is 0. The first kappa shape index (κ1) is 15.9. The fraction of sp³-hybridized carbons (Fsp3) is 0.533. The van der Waals surface area contributed by atoms with Crippen LogP contribution in [-0.4, -0.2) is 51.4 Å². The molecule has 2 unspecified atom stereocenters. The van der Waals surface area contributed by atoms with E-state index < -0.39 is 17.4 Å². The van der Waals surface area contributed by atoms with Gasteiger partial charge in [-0.1, -0.05) is 0 Å².